The van der Waals surface area contributed by atoms with Gasteiger partial charge in [0.05, 0.1) is 13.7 Å². The molecule has 1 aliphatic rings. The van der Waals surface area contributed by atoms with Crippen LogP contribution in [-0.2, 0) is 11.2 Å². The van der Waals surface area contributed by atoms with Crippen LogP contribution < -0.4 is 10.1 Å². The molecule has 2 aromatic rings. The summed E-state index contributed by atoms with van der Waals surface area (Å²) in [5, 5.41) is 2.91. The highest BCUT2D eigenvalue weighted by Crippen LogP contribution is 2.30. The van der Waals surface area contributed by atoms with Gasteiger partial charge in [-0.25, -0.2) is 0 Å². The predicted molar refractivity (Wildman–Crippen MR) is 112 cm³/mol. The molecule has 0 fully saturated rings. The smallest absolute Gasteiger partial charge is 0.238 e. The quantitative estimate of drug-likeness (QED) is 0.745. The van der Waals surface area contributed by atoms with Gasteiger partial charge in [0.2, 0.25) is 5.91 Å². The summed E-state index contributed by atoms with van der Waals surface area (Å²) in [6, 6.07) is 13.2. The van der Waals surface area contributed by atoms with Crippen LogP contribution in [0.25, 0.3) is 6.08 Å². The van der Waals surface area contributed by atoms with Gasteiger partial charge in [0, 0.05) is 23.2 Å². The van der Waals surface area contributed by atoms with Gasteiger partial charge in [-0.05, 0) is 61.5 Å². The van der Waals surface area contributed by atoms with Crippen molar-refractivity contribution < 1.29 is 14.3 Å². The van der Waals surface area contributed by atoms with Crippen LogP contribution in [0, 0.1) is 0 Å². The second kappa shape index (κ2) is 8.85. The Kier molecular flexibility index (Phi) is 6.26. The van der Waals surface area contributed by atoms with Crippen molar-refractivity contribution in [2.75, 3.05) is 32.6 Å². The Morgan fingerprint density at radius 2 is 1.96 bits per heavy atom. The van der Waals surface area contributed by atoms with Gasteiger partial charge in [-0.1, -0.05) is 25.1 Å². The minimum atomic E-state index is -0.0302. The maximum Gasteiger partial charge on any atom is 0.238 e. The molecule has 0 spiro atoms. The molecule has 0 saturated carbocycles. The van der Waals surface area contributed by atoms with Gasteiger partial charge in [-0.15, -0.1) is 0 Å². The fraction of sp³-hybridized carbons (Fsp3) is 0.304. The molecular weight excluding hydrogens is 352 g/mol. The van der Waals surface area contributed by atoms with Crippen molar-refractivity contribution in [3.63, 3.8) is 0 Å². The zero-order chi connectivity index (χ0) is 20.1. The lowest BCUT2D eigenvalue weighted by atomic mass is 10.1. The Balaban J connectivity index is 1.66. The number of carbonyl (C=O) groups is 2. The topological polar surface area (TPSA) is 58.6 Å². The van der Waals surface area contributed by atoms with Crippen LogP contribution in [0.4, 0.5) is 5.69 Å². The zero-order valence-corrected chi connectivity index (χ0v) is 16.6. The summed E-state index contributed by atoms with van der Waals surface area (Å²) >= 11 is 0. The second-order valence-corrected chi connectivity index (χ2v) is 7.11. The van der Waals surface area contributed by atoms with E-state index in [1.807, 2.05) is 54.4 Å². The fourth-order valence-electron chi connectivity index (χ4n) is 3.39. The Bertz CT molecular complexity index is 901. The Morgan fingerprint density at radius 3 is 2.64 bits per heavy atom. The molecule has 0 unspecified atom stereocenters. The van der Waals surface area contributed by atoms with Crippen molar-refractivity contribution in [2.45, 2.75) is 19.8 Å². The number of ketones is 1. The summed E-state index contributed by atoms with van der Waals surface area (Å²) in [7, 11) is 3.53. The number of allylic oxidation sites excluding steroid dienone is 1. The molecule has 2 aromatic carbocycles. The van der Waals surface area contributed by atoms with Crippen LogP contribution in [0.2, 0.25) is 0 Å². The maximum atomic E-state index is 12.7. The standard InChI is InChI=1S/C23H26N2O3/c1-4-11-25(2)15-22(26)24-19-8-5-16(6-9-19)12-18-13-17-7-10-20(28-3)14-21(17)23(18)27/h5-10,12,14H,4,11,13,15H2,1-3H3,(H,24,26)/b18-12+. The van der Waals surface area contributed by atoms with Crippen molar-refractivity contribution in [2.24, 2.45) is 0 Å². The van der Waals surface area contributed by atoms with Crippen LogP contribution in [0.5, 0.6) is 5.75 Å². The highest BCUT2D eigenvalue weighted by Gasteiger charge is 2.25. The van der Waals surface area contributed by atoms with Crippen molar-refractivity contribution in [3.8, 4) is 5.75 Å². The van der Waals surface area contributed by atoms with E-state index in [1.54, 1.807) is 13.2 Å². The molecular formula is C23H26N2O3. The zero-order valence-electron chi connectivity index (χ0n) is 16.6. The lowest BCUT2D eigenvalue weighted by Crippen LogP contribution is -2.30. The molecule has 0 bridgehead atoms. The van der Waals surface area contributed by atoms with Gasteiger partial charge < -0.3 is 10.1 Å². The van der Waals surface area contributed by atoms with Gasteiger partial charge in [0.1, 0.15) is 5.75 Å². The summed E-state index contributed by atoms with van der Waals surface area (Å²) in [6.07, 6.45) is 3.55. The van der Waals surface area contributed by atoms with E-state index in [2.05, 4.69) is 12.2 Å². The highest BCUT2D eigenvalue weighted by atomic mass is 16.5. The second-order valence-electron chi connectivity index (χ2n) is 7.11. The number of carbonyl (C=O) groups excluding carboxylic acids is 2. The number of fused-ring (bicyclic) bond motifs is 1. The molecule has 0 radical (unpaired) electrons. The first-order valence-electron chi connectivity index (χ1n) is 9.50. The Labute approximate surface area is 166 Å². The van der Waals surface area contributed by atoms with Crippen molar-refractivity contribution in [1.82, 2.24) is 4.90 Å². The van der Waals surface area contributed by atoms with Crippen LogP contribution in [-0.4, -0.2) is 43.8 Å². The average Bonchev–Trinajstić information content (AvgIpc) is 2.98. The van der Waals surface area contributed by atoms with Crippen molar-refractivity contribution >= 4 is 23.5 Å². The maximum absolute atomic E-state index is 12.7. The largest absolute Gasteiger partial charge is 0.497 e. The number of amides is 1. The van der Waals surface area contributed by atoms with E-state index >= 15 is 0 Å². The van der Waals surface area contributed by atoms with E-state index < -0.39 is 0 Å². The van der Waals surface area contributed by atoms with Gasteiger partial charge in [-0.2, -0.15) is 0 Å². The number of nitrogens with one attached hydrogen (secondary N) is 1. The predicted octanol–water partition coefficient (Wildman–Crippen LogP) is 3.80. The fourth-order valence-corrected chi connectivity index (χ4v) is 3.39. The van der Waals surface area contributed by atoms with Gasteiger partial charge >= 0.3 is 0 Å². The number of anilines is 1. The first kappa shape index (κ1) is 19.8. The lowest BCUT2D eigenvalue weighted by Gasteiger charge is -2.15. The molecule has 0 saturated heterocycles. The van der Waals surface area contributed by atoms with Crippen molar-refractivity contribution in [3.05, 3.63) is 64.7 Å². The number of hydrogen-bond acceptors (Lipinski definition) is 4. The summed E-state index contributed by atoms with van der Waals surface area (Å²) in [4.78, 5) is 26.7. The number of benzene rings is 2. The molecule has 0 atom stereocenters. The molecule has 5 nitrogen and oxygen atoms in total. The first-order chi connectivity index (χ1) is 13.5. The molecule has 1 N–H and O–H groups in total. The number of Topliss-reactive ketones (excluding diaryl/α,β-unsaturated/α-hetero) is 1. The van der Waals surface area contributed by atoms with Gasteiger partial charge in [-0.3, -0.25) is 14.5 Å². The Hall–Kier alpha value is -2.92. The molecule has 0 heterocycles. The summed E-state index contributed by atoms with van der Waals surface area (Å²) in [5.74, 6) is 0.709. The number of hydrogen-bond donors (Lipinski definition) is 1. The minimum Gasteiger partial charge on any atom is -0.497 e. The number of rotatable bonds is 7. The van der Waals surface area contributed by atoms with E-state index in [4.69, 9.17) is 4.74 Å². The van der Waals surface area contributed by atoms with Gasteiger partial charge in [0.15, 0.2) is 5.78 Å². The highest BCUT2D eigenvalue weighted by molar-refractivity contribution is 6.15. The lowest BCUT2D eigenvalue weighted by molar-refractivity contribution is -0.117. The molecule has 28 heavy (non-hydrogen) atoms. The summed E-state index contributed by atoms with van der Waals surface area (Å²) < 4.78 is 5.21. The number of likely N-dealkylation sites (N-methyl/N-ethyl adjacent to an activating group) is 1. The van der Waals surface area contributed by atoms with Crippen LogP contribution in [0.1, 0.15) is 34.8 Å². The molecule has 146 valence electrons. The number of methoxy groups -OCH3 is 1. The van der Waals surface area contributed by atoms with Crippen LogP contribution >= 0.6 is 0 Å². The van der Waals surface area contributed by atoms with Crippen LogP contribution in [0.3, 0.4) is 0 Å². The SMILES string of the molecule is CCCN(C)CC(=O)Nc1ccc(/C=C2\Cc3ccc(OC)cc3C2=O)cc1. The third-order valence-electron chi connectivity index (χ3n) is 4.79. The van der Waals surface area contributed by atoms with Crippen LogP contribution in [0.15, 0.2) is 48.0 Å². The summed E-state index contributed by atoms with van der Waals surface area (Å²) in [5.41, 5.74) is 4.19. The molecule has 1 aliphatic carbocycles. The number of ether oxygens (including phenoxy) is 1. The third kappa shape index (κ3) is 4.67. The average molecular weight is 378 g/mol. The van der Waals surface area contributed by atoms with E-state index in [-0.39, 0.29) is 11.7 Å². The summed E-state index contributed by atoms with van der Waals surface area (Å²) in [6.45, 7) is 3.35. The minimum absolute atomic E-state index is 0.0302. The molecule has 0 aliphatic heterocycles. The molecule has 3 rings (SSSR count). The van der Waals surface area contributed by atoms with E-state index in [9.17, 15) is 9.59 Å². The monoisotopic (exact) mass is 378 g/mol. The van der Waals surface area contributed by atoms with E-state index in [0.29, 0.717) is 24.3 Å². The molecule has 5 heteroatoms. The Morgan fingerprint density at radius 1 is 1.21 bits per heavy atom. The normalized spacial score (nSPS) is 14.4. The third-order valence-corrected chi connectivity index (χ3v) is 4.79. The van der Waals surface area contributed by atoms with Crippen molar-refractivity contribution in [1.29, 1.82) is 0 Å². The first-order valence-corrected chi connectivity index (χ1v) is 9.50. The molecule has 1 amide bonds. The van der Waals surface area contributed by atoms with E-state index in [0.717, 1.165) is 35.4 Å². The number of nitrogens with zero attached hydrogens (tertiary/aromatic N) is 1. The van der Waals surface area contributed by atoms with Gasteiger partial charge in [0.25, 0.3) is 0 Å². The van der Waals surface area contributed by atoms with E-state index in [1.165, 1.54) is 0 Å². The molecule has 0 aromatic heterocycles.